The molecule has 0 spiro atoms. The molecule has 0 amide bonds. The molecule has 3 nitrogen and oxygen atoms in total. The largest absolute Gasteiger partial charge is 0.508 e. The van der Waals surface area contributed by atoms with Crippen molar-refractivity contribution in [2.24, 2.45) is 5.92 Å². The van der Waals surface area contributed by atoms with Gasteiger partial charge in [0.15, 0.2) is 5.79 Å². The maximum absolute atomic E-state index is 9.89. The normalized spacial score (nSPS) is 13.4. The predicted molar refractivity (Wildman–Crippen MR) is 63.0 cm³/mol. The van der Waals surface area contributed by atoms with Gasteiger partial charge in [-0.25, -0.2) is 0 Å². The standard InChI is InChI=1S/C13H18O3/c1-3-6-10(2)13(15,16)9-11-7-4-5-8-12(11)14/h3-5,7-8,10,14-16H,1,6,9H2,2H3. The van der Waals surface area contributed by atoms with E-state index >= 15 is 0 Å². The molecule has 0 aliphatic rings. The monoisotopic (exact) mass is 222 g/mol. The van der Waals surface area contributed by atoms with Gasteiger partial charge in [0, 0.05) is 12.3 Å². The van der Waals surface area contributed by atoms with Crippen LogP contribution in [0, 0.1) is 5.92 Å². The highest BCUT2D eigenvalue weighted by Crippen LogP contribution is 2.26. The molecule has 0 aromatic heterocycles. The number of benzene rings is 1. The van der Waals surface area contributed by atoms with Gasteiger partial charge in [0.25, 0.3) is 0 Å². The average Bonchev–Trinajstić information content (AvgIpc) is 2.21. The van der Waals surface area contributed by atoms with Gasteiger partial charge in [-0.05, 0) is 18.1 Å². The van der Waals surface area contributed by atoms with Crippen LogP contribution in [-0.4, -0.2) is 21.1 Å². The summed E-state index contributed by atoms with van der Waals surface area (Å²) in [5, 5.41) is 29.3. The fourth-order valence-corrected chi connectivity index (χ4v) is 1.55. The summed E-state index contributed by atoms with van der Waals surface area (Å²) >= 11 is 0. The molecule has 0 saturated carbocycles. The first-order valence-corrected chi connectivity index (χ1v) is 5.30. The summed E-state index contributed by atoms with van der Waals surface area (Å²) in [6, 6.07) is 6.66. The van der Waals surface area contributed by atoms with Gasteiger partial charge in [0.05, 0.1) is 0 Å². The van der Waals surface area contributed by atoms with Gasteiger partial charge in [-0.3, -0.25) is 0 Å². The SMILES string of the molecule is C=CCC(C)C(O)(O)Cc1ccccc1O. The van der Waals surface area contributed by atoms with Gasteiger partial charge >= 0.3 is 0 Å². The Balaban J connectivity index is 2.79. The number of rotatable bonds is 5. The quantitative estimate of drug-likeness (QED) is 0.526. The first-order chi connectivity index (χ1) is 7.47. The Morgan fingerprint density at radius 2 is 2.00 bits per heavy atom. The highest BCUT2D eigenvalue weighted by atomic mass is 16.5. The second-order valence-corrected chi connectivity index (χ2v) is 4.11. The molecule has 1 atom stereocenters. The van der Waals surface area contributed by atoms with Crippen molar-refractivity contribution >= 4 is 0 Å². The molecule has 1 rings (SSSR count). The van der Waals surface area contributed by atoms with Crippen molar-refractivity contribution in [2.45, 2.75) is 25.6 Å². The third-order valence-corrected chi connectivity index (χ3v) is 2.75. The van der Waals surface area contributed by atoms with Crippen molar-refractivity contribution in [3.05, 3.63) is 42.5 Å². The molecule has 0 bridgehead atoms. The van der Waals surface area contributed by atoms with Crippen LogP contribution in [0.15, 0.2) is 36.9 Å². The number of allylic oxidation sites excluding steroid dienone is 1. The third kappa shape index (κ3) is 3.08. The Bertz CT molecular complexity index is 358. The van der Waals surface area contributed by atoms with Crippen molar-refractivity contribution in [3.63, 3.8) is 0 Å². The number of phenolic OH excluding ortho intramolecular Hbond substituents is 1. The second kappa shape index (κ2) is 5.14. The zero-order valence-corrected chi connectivity index (χ0v) is 9.43. The fraction of sp³-hybridized carbons (Fsp3) is 0.385. The zero-order valence-electron chi connectivity index (χ0n) is 9.43. The minimum Gasteiger partial charge on any atom is -0.508 e. The first kappa shape index (κ1) is 12.7. The van der Waals surface area contributed by atoms with Crippen LogP contribution >= 0.6 is 0 Å². The number of hydrogen-bond acceptors (Lipinski definition) is 3. The molecule has 0 fully saturated rings. The van der Waals surface area contributed by atoms with Crippen LogP contribution in [0.1, 0.15) is 18.9 Å². The zero-order chi connectivity index (χ0) is 12.2. The Labute approximate surface area is 95.7 Å². The average molecular weight is 222 g/mol. The van der Waals surface area contributed by atoms with Gasteiger partial charge in [0.1, 0.15) is 5.75 Å². The van der Waals surface area contributed by atoms with Gasteiger partial charge in [0.2, 0.25) is 0 Å². The molecule has 0 radical (unpaired) electrons. The van der Waals surface area contributed by atoms with E-state index in [0.29, 0.717) is 12.0 Å². The van der Waals surface area contributed by atoms with Crippen LogP contribution in [0.4, 0.5) is 0 Å². The lowest BCUT2D eigenvalue weighted by molar-refractivity contribution is -0.194. The van der Waals surface area contributed by atoms with E-state index in [9.17, 15) is 15.3 Å². The van der Waals surface area contributed by atoms with Gasteiger partial charge < -0.3 is 15.3 Å². The van der Waals surface area contributed by atoms with E-state index in [4.69, 9.17) is 0 Å². The molecule has 3 heteroatoms. The number of hydrogen-bond donors (Lipinski definition) is 3. The number of aliphatic hydroxyl groups is 2. The van der Waals surface area contributed by atoms with Gasteiger partial charge in [-0.2, -0.15) is 0 Å². The highest BCUT2D eigenvalue weighted by molar-refractivity contribution is 5.32. The molecule has 0 heterocycles. The molecule has 16 heavy (non-hydrogen) atoms. The minimum atomic E-state index is -1.83. The molecular weight excluding hydrogens is 204 g/mol. The van der Waals surface area contributed by atoms with Crippen molar-refractivity contribution in [1.29, 1.82) is 0 Å². The highest BCUT2D eigenvalue weighted by Gasteiger charge is 2.31. The molecule has 0 aliphatic heterocycles. The van der Waals surface area contributed by atoms with E-state index in [-0.39, 0.29) is 18.1 Å². The van der Waals surface area contributed by atoms with Crippen LogP contribution in [0.5, 0.6) is 5.75 Å². The first-order valence-electron chi connectivity index (χ1n) is 5.30. The molecule has 3 N–H and O–H groups in total. The van der Waals surface area contributed by atoms with Crippen molar-refractivity contribution in [2.75, 3.05) is 0 Å². The maximum atomic E-state index is 9.89. The van der Waals surface area contributed by atoms with E-state index in [1.165, 1.54) is 6.07 Å². The molecule has 0 aliphatic carbocycles. The van der Waals surface area contributed by atoms with Crippen LogP contribution in [0.2, 0.25) is 0 Å². The summed E-state index contributed by atoms with van der Waals surface area (Å²) in [5.41, 5.74) is 0.531. The van der Waals surface area contributed by atoms with Crippen LogP contribution in [-0.2, 0) is 6.42 Å². The van der Waals surface area contributed by atoms with Crippen molar-refractivity contribution in [3.8, 4) is 5.75 Å². The smallest absolute Gasteiger partial charge is 0.169 e. The van der Waals surface area contributed by atoms with Crippen LogP contribution in [0.25, 0.3) is 0 Å². The van der Waals surface area contributed by atoms with E-state index < -0.39 is 5.79 Å². The minimum absolute atomic E-state index is 0.00861. The molecule has 1 aromatic rings. The fourth-order valence-electron chi connectivity index (χ4n) is 1.55. The number of para-hydroxylation sites is 1. The van der Waals surface area contributed by atoms with Gasteiger partial charge in [-0.1, -0.05) is 31.2 Å². The lowest BCUT2D eigenvalue weighted by atomic mass is 9.91. The van der Waals surface area contributed by atoms with Crippen LogP contribution < -0.4 is 0 Å². The Hall–Kier alpha value is -1.32. The number of aromatic hydroxyl groups is 1. The van der Waals surface area contributed by atoms with E-state index in [0.717, 1.165) is 0 Å². The Morgan fingerprint density at radius 3 is 2.56 bits per heavy atom. The molecule has 1 aromatic carbocycles. The topological polar surface area (TPSA) is 60.7 Å². The summed E-state index contributed by atoms with van der Waals surface area (Å²) in [7, 11) is 0. The predicted octanol–water partition coefficient (Wildman–Crippen LogP) is 1.83. The van der Waals surface area contributed by atoms with Crippen molar-refractivity contribution < 1.29 is 15.3 Å². The van der Waals surface area contributed by atoms with Crippen LogP contribution in [0.3, 0.4) is 0 Å². The molecule has 88 valence electrons. The lowest BCUT2D eigenvalue weighted by Gasteiger charge is -2.28. The lowest BCUT2D eigenvalue weighted by Crippen LogP contribution is -2.38. The van der Waals surface area contributed by atoms with E-state index in [2.05, 4.69) is 6.58 Å². The molecule has 1 unspecified atom stereocenters. The summed E-state index contributed by atoms with van der Waals surface area (Å²) < 4.78 is 0. The third-order valence-electron chi connectivity index (χ3n) is 2.75. The van der Waals surface area contributed by atoms with E-state index in [1.807, 2.05) is 0 Å². The summed E-state index contributed by atoms with van der Waals surface area (Å²) in [5.74, 6) is -2.07. The van der Waals surface area contributed by atoms with Gasteiger partial charge in [-0.15, -0.1) is 6.58 Å². The summed E-state index contributed by atoms with van der Waals surface area (Å²) in [6.07, 6.45) is 2.17. The summed E-state index contributed by atoms with van der Waals surface area (Å²) in [4.78, 5) is 0. The summed E-state index contributed by atoms with van der Waals surface area (Å²) in [6.45, 7) is 5.30. The van der Waals surface area contributed by atoms with Crippen molar-refractivity contribution in [1.82, 2.24) is 0 Å². The number of phenols is 1. The second-order valence-electron chi connectivity index (χ2n) is 4.11. The van der Waals surface area contributed by atoms with E-state index in [1.54, 1.807) is 31.2 Å². The molecule has 0 saturated heterocycles. The Kier molecular flexibility index (Phi) is 4.10. The maximum Gasteiger partial charge on any atom is 0.169 e. The molecular formula is C13H18O3. The Morgan fingerprint density at radius 1 is 1.38 bits per heavy atom.